The summed E-state index contributed by atoms with van der Waals surface area (Å²) in [4.78, 5) is 15.5. The second-order valence-electron chi connectivity index (χ2n) is 3.91. The van der Waals surface area contributed by atoms with E-state index in [4.69, 9.17) is 5.73 Å². The van der Waals surface area contributed by atoms with E-state index in [0.717, 1.165) is 0 Å². The number of likely N-dealkylation sites (N-methyl/N-ethyl adjacent to an activating group) is 1. The monoisotopic (exact) mass is 197 g/mol. The summed E-state index contributed by atoms with van der Waals surface area (Å²) in [5, 5.41) is 2.65. The molecular formula is C10H19N3O. The van der Waals surface area contributed by atoms with Gasteiger partial charge in [-0.3, -0.25) is 9.79 Å². The van der Waals surface area contributed by atoms with Crippen molar-refractivity contribution in [3.05, 3.63) is 11.8 Å². The lowest BCUT2D eigenvalue weighted by Crippen LogP contribution is -2.26. The Hall–Kier alpha value is -1.32. The molecule has 4 heteroatoms. The first-order chi connectivity index (χ1) is 6.40. The summed E-state index contributed by atoms with van der Waals surface area (Å²) in [5.74, 6) is -0.192. The number of amides is 1. The molecule has 1 amide bonds. The molecule has 0 saturated heterocycles. The molecule has 0 aromatic carbocycles. The van der Waals surface area contributed by atoms with Crippen molar-refractivity contribution in [3.8, 4) is 0 Å². The fourth-order valence-corrected chi connectivity index (χ4v) is 0.703. The summed E-state index contributed by atoms with van der Waals surface area (Å²) in [7, 11) is 0. The van der Waals surface area contributed by atoms with Gasteiger partial charge in [-0.1, -0.05) is 0 Å². The molecule has 3 N–H and O–H groups in total. The van der Waals surface area contributed by atoms with Crippen LogP contribution in [0.4, 0.5) is 0 Å². The van der Waals surface area contributed by atoms with Gasteiger partial charge in [0.15, 0.2) is 0 Å². The summed E-state index contributed by atoms with van der Waals surface area (Å²) in [5.41, 5.74) is 5.52. The first kappa shape index (κ1) is 12.7. The Morgan fingerprint density at radius 3 is 2.43 bits per heavy atom. The molecule has 0 aromatic rings. The summed E-state index contributed by atoms with van der Waals surface area (Å²) in [6, 6.07) is 0. The minimum absolute atomic E-state index is 0.192. The SMILES string of the molecule is CCNC(=O)/C(C=NC(C)(C)C)=C/N. The lowest BCUT2D eigenvalue weighted by Gasteiger charge is -2.11. The van der Waals surface area contributed by atoms with Crippen molar-refractivity contribution < 1.29 is 4.79 Å². The summed E-state index contributed by atoms with van der Waals surface area (Å²) in [6.07, 6.45) is 2.77. The fraction of sp³-hybridized carbons (Fsp3) is 0.600. The van der Waals surface area contributed by atoms with Gasteiger partial charge in [0.1, 0.15) is 0 Å². The van der Waals surface area contributed by atoms with Crippen molar-refractivity contribution in [1.82, 2.24) is 5.32 Å². The summed E-state index contributed by atoms with van der Waals surface area (Å²) < 4.78 is 0. The fourth-order valence-electron chi connectivity index (χ4n) is 0.703. The van der Waals surface area contributed by atoms with Crippen molar-refractivity contribution in [3.63, 3.8) is 0 Å². The standard InChI is InChI=1S/C10H19N3O/c1-5-12-9(14)8(6-11)7-13-10(2,3)4/h6-7H,5,11H2,1-4H3,(H,12,14)/b8-6+,13-7?. The van der Waals surface area contributed by atoms with Gasteiger partial charge in [0, 0.05) is 19.0 Å². The predicted octanol–water partition coefficient (Wildman–Crippen LogP) is 0.834. The molecule has 0 atom stereocenters. The van der Waals surface area contributed by atoms with Crippen LogP contribution in [-0.4, -0.2) is 24.2 Å². The predicted molar refractivity (Wildman–Crippen MR) is 59.2 cm³/mol. The van der Waals surface area contributed by atoms with Crippen LogP contribution in [-0.2, 0) is 4.79 Å². The zero-order valence-electron chi connectivity index (χ0n) is 9.29. The topological polar surface area (TPSA) is 67.5 Å². The Morgan fingerprint density at radius 2 is 2.07 bits per heavy atom. The highest BCUT2D eigenvalue weighted by molar-refractivity contribution is 6.12. The molecular weight excluding hydrogens is 178 g/mol. The van der Waals surface area contributed by atoms with Crippen LogP contribution in [0.15, 0.2) is 16.8 Å². The molecule has 0 aliphatic carbocycles. The number of carbonyl (C=O) groups excluding carboxylic acids is 1. The number of aliphatic imine (C=N–C) groups is 1. The molecule has 0 saturated carbocycles. The molecule has 0 spiro atoms. The van der Waals surface area contributed by atoms with E-state index in [1.54, 1.807) is 0 Å². The van der Waals surface area contributed by atoms with E-state index in [9.17, 15) is 4.79 Å². The van der Waals surface area contributed by atoms with Crippen molar-refractivity contribution in [1.29, 1.82) is 0 Å². The third-order valence-electron chi connectivity index (χ3n) is 1.37. The van der Waals surface area contributed by atoms with Crippen LogP contribution in [0.1, 0.15) is 27.7 Å². The molecule has 0 heterocycles. The second-order valence-corrected chi connectivity index (χ2v) is 3.91. The smallest absolute Gasteiger partial charge is 0.254 e. The van der Waals surface area contributed by atoms with Crippen LogP contribution in [0.5, 0.6) is 0 Å². The van der Waals surface area contributed by atoms with Gasteiger partial charge < -0.3 is 11.1 Å². The third kappa shape index (κ3) is 5.35. The normalized spacial score (nSPS) is 13.3. The Labute approximate surface area is 85.3 Å². The van der Waals surface area contributed by atoms with Gasteiger partial charge in [-0.05, 0) is 27.7 Å². The lowest BCUT2D eigenvalue weighted by atomic mass is 10.1. The Bertz CT molecular complexity index is 249. The third-order valence-corrected chi connectivity index (χ3v) is 1.37. The van der Waals surface area contributed by atoms with Crippen molar-refractivity contribution in [2.24, 2.45) is 10.7 Å². The van der Waals surface area contributed by atoms with E-state index in [0.29, 0.717) is 12.1 Å². The highest BCUT2D eigenvalue weighted by atomic mass is 16.1. The summed E-state index contributed by atoms with van der Waals surface area (Å²) >= 11 is 0. The highest BCUT2D eigenvalue weighted by Crippen LogP contribution is 2.05. The second kappa shape index (κ2) is 5.42. The van der Waals surface area contributed by atoms with E-state index in [1.807, 2.05) is 27.7 Å². The van der Waals surface area contributed by atoms with Gasteiger partial charge in [-0.2, -0.15) is 0 Å². The quantitative estimate of drug-likeness (QED) is 0.520. The zero-order valence-corrected chi connectivity index (χ0v) is 9.29. The van der Waals surface area contributed by atoms with Crippen LogP contribution in [0, 0.1) is 0 Å². The molecule has 0 radical (unpaired) electrons. The Morgan fingerprint density at radius 1 is 1.50 bits per heavy atom. The van der Waals surface area contributed by atoms with E-state index < -0.39 is 0 Å². The number of carbonyl (C=O) groups is 1. The number of nitrogens with zero attached hydrogens (tertiary/aromatic N) is 1. The van der Waals surface area contributed by atoms with Crippen LogP contribution in [0.2, 0.25) is 0 Å². The average Bonchev–Trinajstić information content (AvgIpc) is 2.03. The number of nitrogens with one attached hydrogen (secondary N) is 1. The molecule has 0 aliphatic heterocycles. The van der Waals surface area contributed by atoms with Crippen molar-refractivity contribution in [2.45, 2.75) is 33.2 Å². The maximum Gasteiger partial charge on any atom is 0.254 e. The van der Waals surface area contributed by atoms with Gasteiger partial charge in [-0.25, -0.2) is 0 Å². The van der Waals surface area contributed by atoms with Gasteiger partial charge in [0.2, 0.25) is 0 Å². The Kier molecular flexibility index (Phi) is 4.91. The lowest BCUT2D eigenvalue weighted by molar-refractivity contribution is -0.116. The van der Waals surface area contributed by atoms with Gasteiger partial charge in [0.25, 0.3) is 5.91 Å². The maximum atomic E-state index is 11.3. The van der Waals surface area contributed by atoms with Crippen LogP contribution >= 0.6 is 0 Å². The zero-order chi connectivity index (χ0) is 11.2. The van der Waals surface area contributed by atoms with E-state index in [1.165, 1.54) is 12.4 Å². The number of nitrogens with two attached hydrogens (primary N) is 1. The maximum absolute atomic E-state index is 11.3. The first-order valence-corrected chi connectivity index (χ1v) is 4.66. The molecule has 0 aliphatic rings. The van der Waals surface area contributed by atoms with Crippen LogP contribution in [0.25, 0.3) is 0 Å². The van der Waals surface area contributed by atoms with Gasteiger partial charge >= 0.3 is 0 Å². The molecule has 80 valence electrons. The largest absolute Gasteiger partial charge is 0.404 e. The van der Waals surface area contributed by atoms with E-state index in [2.05, 4.69) is 10.3 Å². The molecule has 4 nitrogen and oxygen atoms in total. The number of hydrogen-bond acceptors (Lipinski definition) is 3. The van der Waals surface area contributed by atoms with E-state index >= 15 is 0 Å². The highest BCUT2D eigenvalue weighted by Gasteiger charge is 2.08. The molecule has 0 rings (SSSR count). The van der Waals surface area contributed by atoms with E-state index in [-0.39, 0.29) is 11.4 Å². The summed E-state index contributed by atoms with van der Waals surface area (Å²) in [6.45, 7) is 8.30. The van der Waals surface area contributed by atoms with Crippen LogP contribution in [0.3, 0.4) is 0 Å². The molecule has 0 aromatic heterocycles. The minimum atomic E-state index is -0.194. The number of rotatable bonds is 3. The number of hydrogen-bond donors (Lipinski definition) is 2. The van der Waals surface area contributed by atoms with Crippen molar-refractivity contribution >= 4 is 12.1 Å². The van der Waals surface area contributed by atoms with Crippen molar-refractivity contribution in [2.75, 3.05) is 6.54 Å². The molecule has 0 bridgehead atoms. The average molecular weight is 197 g/mol. The van der Waals surface area contributed by atoms with Gasteiger partial charge in [-0.15, -0.1) is 0 Å². The first-order valence-electron chi connectivity index (χ1n) is 4.66. The molecule has 0 fully saturated rings. The van der Waals surface area contributed by atoms with Gasteiger partial charge in [0.05, 0.1) is 11.1 Å². The Balaban J connectivity index is 4.47. The molecule has 0 unspecified atom stereocenters. The van der Waals surface area contributed by atoms with Crippen LogP contribution < -0.4 is 11.1 Å². The molecule has 14 heavy (non-hydrogen) atoms. The minimum Gasteiger partial charge on any atom is -0.404 e.